The molecule has 0 radical (unpaired) electrons. The second kappa shape index (κ2) is 10.2. The van der Waals surface area contributed by atoms with Gasteiger partial charge in [-0.1, -0.05) is 72.3 Å². The lowest BCUT2D eigenvalue weighted by Gasteiger charge is -2.11. The van der Waals surface area contributed by atoms with E-state index in [-0.39, 0.29) is 35.5 Å². The van der Waals surface area contributed by atoms with Gasteiger partial charge in [0, 0.05) is 5.56 Å². The normalized spacial score (nSPS) is 10.2. The van der Waals surface area contributed by atoms with Crippen LogP contribution >= 0.6 is 11.6 Å². The van der Waals surface area contributed by atoms with Crippen LogP contribution in [-0.4, -0.2) is 29.3 Å². The zero-order chi connectivity index (χ0) is 21.3. The number of anilines is 1. The number of hydrogen-bond donors (Lipinski definition) is 2. The fraction of sp³-hybridized carbons (Fsp3) is 0.0909. The summed E-state index contributed by atoms with van der Waals surface area (Å²) in [5.41, 5.74) is 1.44. The van der Waals surface area contributed by atoms with Gasteiger partial charge in [-0.25, -0.2) is 9.78 Å². The van der Waals surface area contributed by atoms with Gasteiger partial charge in [0.2, 0.25) is 11.7 Å². The second-order valence-electron chi connectivity index (χ2n) is 6.19. The van der Waals surface area contributed by atoms with Crippen molar-refractivity contribution in [3.8, 4) is 0 Å². The highest BCUT2D eigenvalue weighted by Crippen LogP contribution is 2.20. The fourth-order valence-electron chi connectivity index (χ4n) is 2.56. The summed E-state index contributed by atoms with van der Waals surface area (Å²) in [5.74, 6) is -0.929. The summed E-state index contributed by atoms with van der Waals surface area (Å²) in [5, 5.41) is 5.05. The lowest BCUT2D eigenvalue weighted by molar-refractivity contribution is -0.115. The lowest BCUT2D eigenvalue weighted by Crippen LogP contribution is -2.33. The van der Waals surface area contributed by atoms with Crippen LogP contribution < -0.4 is 10.6 Å². The quantitative estimate of drug-likeness (QED) is 0.444. The average Bonchev–Trinajstić information content (AvgIpc) is 2.78. The first kappa shape index (κ1) is 21.0. The maximum Gasteiger partial charge on any atom is 0.407 e. The average molecular weight is 424 g/mol. The summed E-state index contributed by atoms with van der Waals surface area (Å²) in [4.78, 5) is 40.8. The van der Waals surface area contributed by atoms with E-state index in [4.69, 9.17) is 16.3 Å². The number of hydrogen-bond acceptors (Lipinski definition) is 5. The van der Waals surface area contributed by atoms with Crippen molar-refractivity contribution in [2.45, 2.75) is 6.61 Å². The minimum absolute atomic E-state index is 0.00806. The van der Waals surface area contributed by atoms with Gasteiger partial charge in [0.15, 0.2) is 0 Å². The maximum atomic E-state index is 12.7. The molecule has 2 amide bonds. The van der Waals surface area contributed by atoms with Gasteiger partial charge in [0.05, 0.1) is 5.69 Å². The van der Waals surface area contributed by atoms with E-state index in [9.17, 15) is 14.4 Å². The van der Waals surface area contributed by atoms with E-state index in [0.717, 1.165) is 5.56 Å². The molecule has 2 aromatic carbocycles. The smallest absolute Gasteiger partial charge is 0.407 e. The Kier molecular flexibility index (Phi) is 7.13. The number of nitrogens with one attached hydrogen (secondary N) is 2. The Morgan fingerprint density at radius 3 is 2.27 bits per heavy atom. The maximum absolute atomic E-state index is 12.7. The highest BCUT2D eigenvalue weighted by Gasteiger charge is 2.18. The molecule has 30 heavy (non-hydrogen) atoms. The van der Waals surface area contributed by atoms with E-state index in [0.29, 0.717) is 5.56 Å². The predicted molar refractivity (Wildman–Crippen MR) is 112 cm³/mol. The number of halogens is 1. The van der Waals surface area contributed by atoms with Crippen LogP contribution in [0.3, 0.4) is 0 Å². The van der Waals surface area contributed by atoms with Crippen molar-refractivity contribution in [3.63, 3.8) is 0 Å². The van der Waals surface area contributed by atoms with E-state index in [2.05, 4.69) is 15.6 Å². The molecule has 0 unspecified atom stereocenters. The third-order valence-electron chi connectivity index (χ3n) is 3.99. The molecule has 0 aliphatic heterocycles. The van der Waals surface area contributed by atoms with E-state index in [1.54, 1.807) is 30.3 Å². The fourth-order valence-corrected chi connectivity index (χ4v) is 2.70. The van der Waals surface area contributed by atoms with Crippen LogP contribution in [-0.2, 0) is 16.1 Å². The van der Waals surface area contributed by atoms with Crippen LogP contribution in [0, 0.1) is 0 Å². The summed E-state index contributed by atoms with van der Waals surface area (Å²) in [6.45, 7) is -0.250. The number of rotatable bonds is 7. The van der Waals surface area contributed by atoms with E-state index >= 15 is 0 Å². The Morgan fingerprint density at radius 1 is 0.900 bits per heavy atom. The van der Waals surface area contributed by atoms with Crippen molar-refractivity contribution < 1.29 is 19.1 Å². The second-order valence-corrected chi connectivity index (χ2v) is 6.58. The van der Waals surface area contributed by atoms with E-state index in [1.807, 2.05) is 30.3 Å². The van der Waals surface area contributed by atoms with Crippen molar-refractivity contribution >= 4 is 35.1 Å². The first-order valence-electron chi connectivity index (χ1n) is 9.03. The third-order valence-corrected chi connectivity index (χ3v) is 4.20. The molecule has 8 heteroatoms. The molecule has 0 saturated carbocycles. The van der Waals surface area contributed by atoms with Crippen LogP contribution in [0.1, 0.15) is 21.6 Å². The van der Waals surface area contributed by atoms with Gasteiger partial charge in [-0.15, -0.1) is 0 Å². The molecule has 2 N–H and O–H groups in total. The first-order valence-corrected chi connectivity index (χ1v) is 9.41. The molecule has 0 bridgehead atoms. The topological polar surface area (TPSA) is 97.4 Å². The standard InChI is InChI=1S/C22H18ClN3O4/c23-18-12-11-17(20(26-18)21(28)16-9-5-2-6-10-16)25-19(27)13-24-22(29)30-14-15-7-3-1-4-8-15/h1-12H,13-14H2,(H,24,29)(H,25,27). The Morgan fingerprint density at radius 2 is 1.57 bits per heavy atom. The van der Waals surface area contributed by atoms with Gasteiger partial charge >= 0.3 is 6.09 Å². The molecule has 0 atom stereocenters. The van der Waals surface area contributed by atoms with Crippen LogP contribution in [0.15, 0.2) is 72.8 Å². The van der Waals surface area contributed by atoms with Crippen LogP contribution in [0.25, 0.3) is 0 Å². The number of benzene rings is 2. The van der Waals surface area contributed by atoms with Crippen molar-refractivity contribution in [2.24, 2.45) is 0 Å². The van der Waals surface area contributed by atoms with Gasteiger partial charge in [0.1, 0.15) is 24.0 Å². The predicted octanol–water partition coefficient (Wildman–Crippen LogP) is 3.83. The van der Waals surface area contributed by atoms with Gasteiger partial charge in [0.25, 0.3) is 0 Å². The van der Waals surface area contributed by atoms with Gasteiger partial charge in [-0.3, -0.25) is 9.59 Å². The highest BCUT2D eigenvalue weighted by molar-refractivity contribution is 6.30. The van der Waals surface area contributed by atoms with Crippen LogP contribution in [0.4, 0.5) is 10.5 Å². The molecule has 1 heterocycles. The first-order chi connectivity index (χ1) is 14.5. The van der Waals surface area contributed by atoms with E-state index in [1.165, 1.54) is 12.1 Å². The summed E-state index contributed by atoms with van der Waals surface area (Å²) in [6.07, 6.45) is -0.733. The molecule has 0 spiro atoms. The van der Waals surface area contributed by atoms with Crippen molar-refractivity contribution in [1.82, 2.24) is 10.3 Å². The molecule has 3 aromatic rings. The molecule has 3 rings (SSSR count). The molecular formula is C22H18ClN3O4. The zero-order valence-corrected chi connectivity index (χ0v) is 16.6. The number of pyridine rings is 1. The number of nitrogens with zero attached hydrogens (tertiary/aromatic N) is 1. The third kappa shape index (κ3) is 5.89. The molecule has 0 aliphatic rings. The van der Waals surface area contributed by atoms with Crippen molar-refractivity contribution in [1.29, 1.82) is 0 Å². The molecular weight excluding hydrogens is 406 g/mol. The lowest BCUT2D eigenvalue weighted by atomic mass is 10.1. The summed E-state index contributed by atoms with van der Waals surface area (Å²) in [7, 11) is 0. The summed E-state index contributed by atoms with van der Waals surface area (Å²) >= 11 is 5.92. The number of ketones is 1. The Bertz CT molecular complexity index is 1040. The number of carbonyl (C=O) groups excluding carboxylic acids is 3. The van der Waals surface area contributed by atoms with Gasteiger partial charge in [-0.2, -0.15) is 0 Å². The van der Waals surface area contributed by atoms with Gasteiger partial charge < -0.3 is 15.4 Å². The monoisotopic (exact) mass is 423 g/mol. The minimum Gasteiger partial charge on any atom is -0.445 e. The summed E-state index contributed by atoms with van der Waals surface area (Å²) in [6, 6.07) is 20.6. The van der Waals surface area contributed by atoms with Gasteiger partial charge in [-0.05, 0) is 17.7 Å². The summed E-state index contributed by atoms with van der Waals surface area (Å²) < 4.78 is 5.05. The molecule has 0 saturated heterocycles. The molecule has 0 fully saturated rings. The Balaban J connectivity index is 1.58. The molecule has 1 aromatic heterocycles. The molecule has 0 aliphatic carbocycles. The Hall–Kier alpha value is -3.71. The number of carbonyl (C=O) groups is 3. The molecule has 152 valence electrons. The van der Waals surface area contributed by atoms with E-state index < -0.39 is 12.0 Å². The highest BCUT2D eigenvalue weighted by atomic mass is 35.5. The zero-order valence-electron chi connectivity index (χ0n) is 15.8. The number of ether oxygens (including phenoxy) is 1. The van der Waals surface area contributed by atoms with Crippen LogP contribution in [0.2, 0.25) is 5.15 Å². The van der Waals surface area contributed by atoms with Crippen molar-refractivity contribution in [2.75, 3.05) is 11.9 Å². The number of alkyl carbamates (subject to hydrolysis) is 1. The molecule has 7 nitrogen and oxygen atoms in total. The number of amides is 2. The minimum atomic E-state index is -0.733. The van der Waals surface area contributed by atoms with Crippen LogP contribution in [0.5, 0.6) is 0 Å². The largest absolute Gasteiger partial charge is 0.445 e. The number of aromatic nitrogens is 1. The van der Waals surface area contributed by atoms with Crippen molar-refractivity contribution in [3.05, 3.63) is 94.8 Å². The Labute approximate surface area is 178 Å². The SMILES string of the molecule is O=C(CNC(=O)OCc1ccccc1)Nc1ccc(Cl)nc1C(=O)c1ccccc1.